The maximum atomic E-state index is 11.0. The highest BCUT2D eigenvalue weighted by molar-refractivity contribution is 5.90. The second-order valence-electron chi connectivity index (χ2n) is 6.05. The van der Waals surface area contributed by atoms with Gasteiger partial charge in [-0.05, 0) is 45.7 Å². The van der Waals surface area contributed by atoms with E-state index in [1.54, 1.807) is 12.1 Å². The molecule has 1 aromatic heterocycles. The van der Waals surface area contributed by atoms with Gasteiger partial charge in [0.15, 0.2) is 11.5 Å². The van der Waals surface area contributed by atoms with E-state index in [1.165, 1.54) is 0 Å². The Kier molecular flexibility index (Phi) is 4.23. The van der Waals surface area contributed by atoms with Crippen molar-refractivity contribution in [1.29, 1.82) is 0 Å². The molecule has 0 radical (unpaired) electrons. The summed E-state index contributed by atoms with van der Waals surface area (Å²) in [7, 11) is 0. The van der Waals surface area contributed by atoms with Crippen LogP contribution in [0, 0.1) is 0 Å². The van der Waals surface area contributed by atoms with Crippen molar-refractivity contribution in [3.05, 3.63) is 17.8 Å². The van der Waals surface area contributed by atoms with E-state index >= 15 is 0 Å². The number of amides is 1. The van der Waals surface area contributed by atoms with Crippen molar-refractivity contribution in [1.82, 2.24) is 10.2 Å². The number of hydrogen-bond donors (Lipinski definition) is 1. The van der Waals surface area contributed by atoms with Gasteiger partial charge in [0, 0.05) is 6.54 Å². The molecular formula is C14H22N4O2. The zero-order chi connectivity index (χ0) is 14.8. The normalized spacial score (nSPS) is 19.4. The number of rotatable bonds is 4. The minimum atomic E-state index is -0.557. The third-order valence-corrected chi connectivity index (χ3v) is 3.28. The van der Waals surface area contributed by atoms with E-state index in [0.717, 1.165) is 25.2 Å². The number of aromatic nitrogens is 2. The minimum Gasteiger partial charge on any atom is -0.374 e. The van der Waals surface area contributed by atoms with E-state index in [-0.39, 0.29) is 11.3 Å². The molecule has 1 aliphatic heterocycles. The highest BCUT2D eigenvalue weighted by atomic mass is 16.5. The molecule has 0 unspecified atom stereocenters. The fraction of sp³-hybridized carbons (Fsp3) is 0.643. The second-order valence-corrected chi connectivity index (χ2v) is 6.05. The van der Waals surface area contributed by atoms with Gasteiger partial charge in [-0.2, -0.15) is 0 Å². The molecule has 2 rings (SSSR count). The van der Waals surface area contributed by atoms with Crippen molar-refractivity contribution in [2.75, 3.05) is 18.1 Å². The van der Waals surface area contributed by atoms with Gasteiger partial charge in [0.2, 0.25) is 0 Å². The number of carbonyl (C=O) groups excluding carboxylic acids is 1. The Labute approximate surface area is 119 Å². The molecule has 20 heavy (non-hydrogen) atoms. The molecule has 0 aromatic carbocycles. The molecule has 1 fully saturated rings. The monoisotopic (exact) mass is 278 g/mol. The highest BCUT2D eigenvalue weighted by Crippen LogP contribution is 2.24. The number of hydrogen-bond acceptors (Lipinski definition) is 5. The number of carbonyl (C=O) groups is 1. The number of nitrogens with two attached hydrogens (primary N) is 1. The lowest BCUT2D eigenvalue weighted by Crippen LogP contribution is -2.36. The van der Waals surface area contributed by atoms with Gasteiger partial charge < -0.3 is 15.4 Å². The van der Waals surface area contributed by atoms with Crippen LogP contribution >= 0.6 is 0 Å². The summed E-state index contributed by atoms with van der Waals surface area (Å²) < 4.78 is 5.86. The lowest BCUT2D eigenvalue weighted by atomic mass is 10.2. The zero-order valence-electron chi connectivity index (χ0n) is 12.3. The maximum Gasteiger partial charge on any atom is 0.269 e. The van der Waals surface area contributed by atoms with Crippen molar-refractivity contribution < 1.29 is 9.53 Å². The Morgan fingerprint density at radius 3 is 2.75 bits per heavy atom. The standard InChI is InChI=1S/C14H22N4O2/c1-14(2,3)20-9-10-5-4-8-18(10)12-7-6-11(13(15)19)16-17-12/h6-7,10H,4-5,8-9H2,1-3H3,(H2,15,19)/t10-/m1/s1. The number of anilines is 1. The molecule has 1 aromatic rings. The molecule has 1 amide bonds. The Bertz CT molecular complexity index is 467. The summed E-state index contributed by atoms with van der Waals surface area (Å²) in [5.74, 6) is 0.216. The third kappa shape index (κ3) is 3.66. The highest BCUT2D eigenvalue weighted by Gasteiger charge is 2.27. The molecule has 0 spiro atoms. The minimum absolute atomic E-state index is 0.143. The van der Waals surface area contributed by atoms with E-state index < -0.39 is 5.91 Å². The molecule has 6 heteroatoms. The van der Waals surface area contributed by atoms with Gasteiger partial charge in [-0.1, -0.05) is 0 Å². The molecule has 1 atom stereocenters. The molecule has 110 valence electrons. The molecule has 1 saturated heterocycles. The molecule has 0 bridgehead atoms. The van der Waals surface area contributed by atoms with E-state index in [2.05, 4.69) is 15.1 Å². The first kappa shape index (κ1) is 14.7. The van der Waals surface area contributed by atoms with Gasteiger partial charge in [-0.25, -0.2) is 0 Å². The number of ether oxygens (including phenoxy) is 1. The summed E-state index contributed by atoms with van der Waals surface area (Å²) in [4.78, 5) is 13.2. The summed E-state index contributed by atoms with van der Waals surface area (Å²) in [6.45, 7) is 7.75. The molecule has 0 saturated carbocycles. The molecule has 2 N–H and O–H groups in total. The average molecular weight is 278 g/mol. The van der Waals surface area contributed by atoms with Crippen molar-refractivity contribution in [2.24, 2.45) is 5.73 Å². The predicted octanol–water partition coefficient (Wildman–Crippen LogP) is 1.36. The van der Waals surface area contributed by atoms with Crippen molar-refractivity contribution in [2.45, 2.75) is 45.3 Å². The topological polar surface area (TPSA) is 81.3 Å². The average Bonchev–Trinajstić information content (AvgIpc) is 2.84. The fourth-order valence-corrected chi connectivity index (χ4v) is 2.27. The first-order valence-corrected chi connectivity index (χ1v) is 6.91. The maximum absolute atomic E-state index is 11.0. The molecular weight excluding hydrogens is 256 g/mol. The van der Waals surface area contributed by atoms with Gasteiger partial charge in [-0.15, -0.1) is 10.2 Å². The van der Waals surface area contributed by atoms with Gasteiger partial charge in [0.25, 0.3) is 5.91 Å². The Balaban J connectivity index is 2.04. The van der Waals surface area contributed by atoms with E-state index in [1.807, 2.05) is 20.8 Å². The second kappa shape index (κ2) is 5.75. The fourth-order valence-electron chi connectivity index (χ4n) is 2.27. The van der Waals surface area contributed by atoms with Crippen LogP contribution in [0.15, 0.2) is 12.1 Å². The summed E-state index contributed by atoms with van der Waals surface area (Å²) in [5.41, 5.74) is 5.21. The molecule has 0 aliphatic carbocycles. The van der Waals surface area contributed by atoms with Gasteiger partial charge in [-0.3, -0.25) is 4.79 Å². The summed E-state index contributed by atoms with van der Waals surface area (Å²) in [6, 6.07) is 3.72. The van der Waals surface area contributed by atoms with Gasteiger partial charge >= 0.3 is 0 Å². The van der Waals surface area contributed by atoms with E-state index in [4.69, 9.17) is 10.5 Å². The first-order chi connectivity index (χ1) is 9.37. The molecule has 2 heterocycles. The van der Waals surface area contributed by atoms with Crippen LogP contribution in [-0.4, -0.2) is 40.9 Å². The summed E-state index contributed by atoms with van der Waals surface area (Å²) in [6.07, 6.45) is 2.19. The van der Waals surface area contributed by atoms with Crippen molar-refractivity contribution in [3.63, 3.8) is 0 Å². The number of nitrogens with zero attached hydrogens (tertiary/aromatic N) is 3. The Morgan fingerprint density at radius 1 is 1.45 bits per heavy atom. The van der Waals surface area contributed by atoms with E-state index in [9.17, 15) is 4.79 Å². The van der Waals surface area contributed by atoms with Crippen molar-refractivity contribution in [3.8, 4) is 0 Å². The SMILES string of the molecule is CC(C)(C)OC[C@H]1CCCN1c1ccc(C(N)=O)nn1. The Morgan fingerprint density at radius 2 is 2.20 bits per heavy atom. The third-order valence-electron chi connectivity index (χ3n) is 3.28. The first-order valence-electron chi connectivity index (χ1n) is 6.91. The smallest absolute Gasteiger partial charge is 0.269 e. The molecule has 1 aliphatic rings. The summed E-state index contributed by atoms with van der Waals surface area (Å²) in [5, 5.41) is 7.96. The number of primary amides is 1. The van der Waals surface area contributed by atoms with Crippen LogP contribution in [0.1, 0.15) is 44.1 Å². The van der Waals surface area contributed by atoms with Crippen LogP contribution in [0.5, 0.6) is 0 Å². The van der Waals surface area contributed by atoms with Crippen LogP contribution in [0.25, 0.3) is 0 Å². The van der Waals surface area contributed by atoms with Gasteiger partial charge in [0.1, 0.15) is 0 Å². The van der Waals surface area contributed by atoms with Crippen LogP contribution in [0.2, 0.25) is 0 Å². The Hall–Kier alpha value is -1.69. The van der Waals surface area contributed by atoms with Crippen molar-refractivity contribution >= 4 is 11.7 Å². The van der Waals surface area contributed by atoms with Crippen LogP contribution in [0.3, 0.4) is 0 Å². The quantitative estimate of drug-likeness (QED) is 0.899. The largest absolute Gasteiger partial charge is 0.374 e. The van der Waals surface area contributed by atoms with Crippen LogP contribution in [-0.2, 0) is 4.74 Å². The molecule has 6 nitrogen and oxygen atoms in total. The van der Waals surface area contributed by atoms with Crippen LogP contribution in [0.4, 0.5) is 5.82 Å². The zero-order valence-corrected chi connectivity index (χ0v) is 12.3. The lowest BCUT2D eigenvalue weighted by Gasteiger charge is -2.28. The van der Waals surface area contributed by atoms with E-state index in [0.29, 0.717) is 12.6 Å². The summed E-state index contributed by atoms with van der Waals surface area (Å²) >= 11 is 0. The lowest BCUT2D eigenvalue weighted by molar-refractivity contribution is -0.00941. The van der Waals surface area contributed by atoms with Crippen LogP contribution < -0.4 is 10.6 Å². The van der Waals surface area contributed by atoms with Gasteiger partial charge in [0.05, 0.1) is 18.2 Å². The predicted molar refractivity (Wildman–Crippen MR) is 76.6 cm³/mol.